The first-order chi connectivity index (χ1) is 9.22. The molecular weight excluding hydrogens is 258 g/mol. The molecule has 1 aliphatic heterocycles. The smallest absolute Gasteiger partial charge is 0.119 e. The van der Waals surface area contributed by atoms with Gasteiger partial charge >= 0.3 is 0 Å². The Balaban J connectivity index is 1.94. The fourth-order valence-electron chi connectivity index (χ4n) is 2.39. The second kappa shape index (κ2) is 7.17. The fraction of sp³-hybridized carbons (Fsp3) is 0.600. The summed E-state index contributed by atoms with van der Waals surface area (Å²) in [6.45, 7) is 5.11. The Hall–Kier alpha value is -0.710. The fourth-order valence-corrected chi connectivity index (χ4v) is 3.64. The molecule has 3 nitrogen and oxygen atoms in total. The highest BCUT2D eigenvalue weighted by Crippen LogP contribution is 2.24. The Labute approximate surface area is 120 Å². The van der Waals surface area contributed by atoms with Crippen LogP contribution in [0.25, 0.3) is 0 Å². The molecule has 0 amide bonds. The molecule has 1 heterocycles. The van der Waals surface area contributed by atoms with Gasteiger partial charge in [-0.3, -0.25) is 4.90 Å². The third-order valence-electron chi connectivity index (χ3n) is 3.59. The Bertz CT molecular complexity index is 399. The summed E-state index contributed by atoms with van der Waals surface area (Å²) in [6.07, 6.45) is 0.770. The van der Waals surface area contributed by atoms with Crippen LogP contribution in [0.5, 0.6) is 5.75 Å². The lowest BCUT2D eigenvalue weighted by Crippen LogP contribution is -2.39. The molecule has 19 heavy (non-hydrogen) atoms. The van der Waals surface area contributed by atoms with Gasteiger partial charge in [0.05, 0.1) is 13.2 Å². The quantitative estimate of drug-likeness (QED) is 0.899. The van der Waals surface area contributed by atoms with Crippen molar-refractivity contribution in [1.29, 1.82) is 0 Å². The van der Waals surface area contributed by atoms with Gasteiger partial charge in [-0.25, -0.2) is 0 Å². The van der Waals surface area contributed by atoms with Crippen LogP contribution < -0.4 is 4.74 Å². The molecule has 1 aliphatic rings. The summed E-state index contributed by atoms with van der Waals surface area (Å²) in [7, 11) is 1.65. The van der Waals surface area contributed by atoms with Crippen molar-refractivity contribution in [2.75, 3.05) is 32.5 Å². The number of hydrogen-bond donors (Lipinski definition) is 1. The summed E-state index contributed by atoms with van der Waals surface area (Å²) in [4.78, 5) is 2.37. The Morgan fingerprint density at radius 2 is 2.37 bits per heavy atom. The molecule has 1 fully saturated rings. The topological polar surface area (TPSA) is 32.7 Å². The molecular formula is C15H23NO2S. The first-order valence-corrected chi connectivity index (χ1v) is 7.93. The summed E-state index contributed by atoms with van der Waals surface area (Å²) < 4.78 is 5.20. The molecule has 1 saturated heterocycles. The minimum atomic E-state index is -0.435. The maximum absolute atomic E-state index is 10.3. The third-order valence-corrected chi connectivity index (χ3v) is 4.96. The van der Waals surface area contributed by atoms with Crippen molar-refractivity contribution in [3.8, 4) is 5.75 Å². The monoisotopic (exact) mass is 281 g/mol. The van der Waals surface area contributed by atoms with Crippen LogP contribution in [0.2, 0.25) is 0 Å². The molecule has 0 aromatic heterocycles. The van der Waals surface area contributed by atoms with E-state index in [2.05, 4.69) is 23.6 Å². The van der Waals surface area contributed by atoms with Crippen molar-refractivity contribution >= 4 is 11.8 Å². The van der Waals surface area contributed by atoms with E-state index >= 15 is 0 Å². The van der Waals surface area contributed by atoms with Crippen molar-refractivity contribution in [3.63, 3.8) is 0 Å². The molecule has 1 aromatic carbocycles. The largest absolute Gasteiger partial charge is 0.497 e. The van der Waals surface area contributed by atoms with E-state index in [1.54, 1.807) is 7.11 Å². The van der Waals surface area contributed by atoms with Crippen LogP contribution in [0.4, 0.5) is 0 Å². The van der Waals surface area contributed by atoms with Crippen LogP contribution in [0.3, 0.4) is 0 Å². The van der Waals surface area contributed by atoms with E-state index in [4.69, 9.17) is 4.74 Å². The standard InChI is InChI=1S/C15H23NO2S/c1-3-14-10-16(7-8-19-14)11-15(17)12-5-4-6-13(9-12)18-2/h4-6,9,14-15,17H,3,7-8,10-11H2,1-2H3. The van der Waals surface area contributed by atoms with E-state index in [0.29, 0.717) is 11.8 Å². The van der Waals surface area contributed by atoms with Gasteiger partial charge in [0.2, 0.25) is 0 Å². The summed E-state index contributed by atoms with van der Waals surface area (Å²) in [6, 6.07) is 7.71. The minimum Gasteiger partial charge on any atom is -0.497 e. The lowest BCUT2D eigenvalue weighted by molar-refractivity contribution is 0.114. The van der Waals surface area contributed by atoms with Crippen molar-refractivity contribution < 1.29 is 9.84 Å². The third kappa shape index (κ3) is 4.13. The number of aliphatic hydroxyl groups is 1. The highest BCUT2D eigenvalue weighted by Gasteiger charge is 2.21. The first kappa shape index (κ1) is 14.7. The van der Waals surface area contributed by atoms with Crippen LogP contribution in [0.15, 0.2) is 24.3 Å². The number of thioether (sulfide) groups is 1. The van der Waals surface area contributed by atoms with E-state index in [-0.39, 0.29) is 0 Å². The highest BCUT2D eigenvalue weighted by atomic mass is 32.2. The van der Waals surface area contributed by atoms with Gasteiger partial charge < -0.3 is 9.84 Å². The lowest BCUT2D eigenvalue weighted by atomic mass is 10.1. The second-order valence-electron chi connectivity index (χ2n) is 4.95. The molecule has 1 aromatic rings. The molecule has 2 atom stereocenters. The van der Waals surface area contributed by atoms with Gasteiger partial charge in [-0.2, -0.15) is 11.8 Å². The molecule has 4 heteroatoms. The number of ether oxygens (including phenoxy) is 1. The normalized spacial score (nSPS) is 22.2. The van der Waals surface area contributed by atoms with Gasteiger partial charge in [0.1, 0.15) is 5.75 Å². The molecule has 1 N–H and O–H groups in total. The summed E-state index contributed by atoms with van der Waals surface area (Å²) >= 11 is 2.05. The number of methoxy groups -OCH3 is 1. The Morgan fingerprint density at radius 3 is 3.11 bits per heavy atom. The first-order valence-electron chi connectivity index (χ1n) is 6.89. The number of hydrogen-bond acceptors (Lipinski definition) is 4. The van der Waals surface area contributed by atoms with Crippen LogP contribution in [-0.4, -0.2) is 47.8 Å². The summed E-state index contributed by atoms with van der Waals surface area (Å²) in [5.74, 6) is 1.97. The summed E-state index contributed by atoms with van der Waals surface area (Å²) in [5.41, 5.74) is 0.936. The zero-order chi connectivity index (χ0) is 13.7. The summed E-state index contributed by atoms with van der Waals surface area (Å²) in [5, 5.41) is 11.1. The van der Waals surface area contributed by atoms with Crippen molar-refractivity contribution in [2.45, 2.75) is 24.7 Å². The maximum Gasteiger partial charge on any atom is 0.119 e. The second-order valence-corrected chi connectivity index (χ2v) is 6.36. The molecule has 0 aliphatic carbocycles. The Morgan fingerprint density at radius 1 is 1.53 bits per heavy atom. The van der Waals surface area contributed by atoms with Gasteiger partial charge in [-0.15, -0.1) is 0 Å². The molecule has 0 saturated carbocycles. The molecule has 0 radical (unpaired) electrons. The van der Waals surface area contributed by atoms with Gasteiger partial charge in [-0.05, 0) is 24.1 Å². The number of benzene rings is 1. The zero-order valence-corrected chi connectivity index (χ0v) is 12.5. The van der Waals surface area contributed by atoms with Crippen LogP contribution >= 0.6 is 11.8 Å². The van der Waals surface area contributed by atoms with Crippen LogP contribution in [-0.2, 0) is 0 Å². The predicted molar refractivity (Wildman–Crippen MR) is 80.9 cm³/mol. The SMILES string of the molecule is CCC1CN(CC(O)c2cccc(OC)c2)CCS1. The van der Waals surface area contributed by atoms with Gasteiger partial charge in [-0.1, -0.05) is 19.1 Å². The van der Waals surface area contributed by atoms with E-state index in [9.17, 15) is 5.11 Å². The van der Waals surface area contributed by atoms with Crippen molar-refractivity contribution in [1.82, 2.24) is 4.90 Å². The minimum absolute atomic E-state index is 0.435. The zero-order valence-electron chi connectivity index (χ0n) is 11.7. The number of nitrogens with zero attached hydrogens (tertiary/aromatic N) is 1. The van der Waals surface area contributed by atoms with Gasteiger partial charge in [0.15, 0.2) is 0 Å². The van der Waals surface area contributed by atoms with Gasteiger partial charge in [0, 0.05) is 30.6 Å². The molecule has 106 valence electrons. The number of aliphatic hydroxyl groups excluding tert-OH is 1. The Kier molecular flexibility index (Phi) is 5.55. The average molecular weight is 281 g/mol. The highest BCUT2D eigenvalue weighted by molar-refractivity contribution is 8.00. The van der Waals surface area contributed by atoms with E-state index in [0.717, 1.165) is 24.4 Å². The van der Waals surface area contributed by atoms with E-state index in [1.807, 2.05) is 24.3 Å². The van der Waals surface area contributed by atoms with Crippen LogP contribution in [0, 0.1) is 0 Å². The number of β-amino-alcohol motifs (C(OH)–C–C–N with tert-alkyl or cyclic N) is 1. The van der Waals surface area contributed by atoms with E-state index < -0.39 is 6.10 Å². The maximum atomic E-state index is 10.3. The van der Waals surface area contributed by atoms with Crippen molar-refractivity contribution in [3.05, 3.63) is 29.8 Å². The van der Waals surface area contributed by atoms with Crippen LogP contribution in [0.1, 0.15) is 25.0 Å². The lowest BCUT2D eigenvalue weighted by Gasteiger charge is -2.33. The van der Waals surface area contributed by atoms with Gasteiger partial charge in [0.25, 0.3) is 0 Å². The molecule has 2 unspecified atom stereocenters. The van der Waals surface area contributed by atoms with E-state index in [1.165, 1.54) is 12.2 Å². The molecule has 0 spiro atoms. The molecule has 0 bridgehead atoms. The number of rotatable bonds is 5. The average Bonchev–Trinajstić information content (AvgIpc) is 2.47. The predicted octanol–water partition coefficient (Wildman–Crippen LogP) is 2.56. The molecule has 2 rings (SSSR count). The van der Waals surface area contributed by atoms with Crippen molar-refractivity contribution in [2.24, 2.45) is 0 Å².